The highest BCUT2D eigenvalue weighted by Gasteiger charge is 2.23. The monoisotopic (exact) mass is 431 g/mol. The van der Waals surface area contributed by atoms with Gasteiger partial charge in [-0.3, -0.25) is 0 Å². The Kier molecular flexibility index (Phi) is 5.62. The summed E-state index contributed by atoms with van der Waals surface area (Å²) < 4.78 is 29.0. The molecule has 2 aromatic heterocycles. The van der Waals surface area contributed by atoms with Gasteiger partial charge in [0.2, 0.25) is 5.95 Å². The summed E-state index contributed by atoms with van der Waals surface area (Å²) in [5, 5.41) is 3.13. The Morgan fingerprint density at radius 1 is 0.812 bits per heavy atom. The molecule has 1 aliphatic carbocycles. The van der Waals surface area contributed by atoms with Gasteiger partial charge in [0.1, 0.15) is 11.6 Å². The number of anilines is 2. The third kappa shape index (κ3) is 4.23. The van der Waals surface area contributed by atoms with E-state index in [1.54, 1.807) is 30.5 Å². The lowest BCUT2D eigenvalue weighted by molar-refractivity contribution is 0.355. The van der Waals surface area contributed by atoms with Gasteiger partial charge in [-0.25, -0.2) is 23.7 Å². The van der Waals surface area contributed by atoms with Crippen LogP contribution in [0.25, 0.3) is 22.6 Å². The highest BCUT2D eigenvalue weighted by Crippen LogP contribution is 2.37. The smallest absolute Gasteiger partial charge is 0.227 e. The normalized spacial score (nSPS) is 14.4. The summed E-state index contributed by atoms with van der Waals surface area (Å²) in [7, 11) is 0. The summed E-state index contributed by atoms with van der Waals surface area (Å²) in [6.07, 6.45) is 9.39. The number of hydrogen-bond donors (Lipinski definition) is 1. The summed E-state index contributed by atoms with van der Waals surface area (Å²) in [5.41, 5.74) is 3.92. The van der Waals surface area contributed by atoms with Crippen molar-refractivity contribution < 1.29 is 8.78 Å². The Labute approximate surface area is 185 Å². The number of benzene rings is 2. The molecular weight excluding hydrogens is 408 g/mol. The SMILES string of the molecule is Fc1ccc(Nc2nccc(-c3c(-c4ccc(F)cc4)ncn3C3CCCCC3)n2)cc1. The number of rotatable bonds is 5. The van der Waals surface area contributed by atoms with Crippen LogP contribution in [0.4, 0.5) is 20.4 Å². The highest BCUT2D eigenvalue weighted by atomic mass is 19.1. The largest absolute Gasteiger partial charge is 0.326 e. The lowest BCUT2D eigenvalue weighted by Gasteiger charge is -2.25. The molecule has 2 heterocycles. The van der Waals surface area contributed by atoms with Crippen molar-refractivity contribution in [3.8, 4) is 22.6 Å². The van der Waals surface area contributed by atoms with Crippen molar-refractivity contribution in [3.63, 3.8) is 0 Å². The maximum Gasteiger partial charge on any atom is 0.227 e. The van der Waals surface area contributed by atoms with Crippen molar-refractivity contribution in [2.24, 2.45) is 0 Å². The van der Waals surface area contributed by atoms with Crippen LogP contribution in [0, 0.1) is 11.6 Å². The molecule has 0 aliphatic heterocycles. The highest BCUT2D eigenvalue weighted by molar-refractivity contribution is 5.77. The van der Waals surface area contributed by atoms with Crippen LogP contribution in [0.5, 0.6) is 0 Å². The Bertz CT molecular complexity index is 1200. The molecule has 1 fully saturated rings. The number of nitrogens with zero attached hydrogens (tertiary/aromatic N) is 4. The predicted octanol–water partition coefficient (Wildman–Crippen LogP) is 6.53. The van der Waals surface area contributed by atoms with E-state index in [9.17, 15) is 8.78 Å². The van der Waals surface area contributed by atoms with Gasteiger partial charge in [-0.15, -0.1) is 0 Å². The van der Waals surface area contributed by atoms with E-state index >= 15 is 0 Å². The van der Waals surface area contributed by atoms with Crippen LogP contribution < -0.4 is 5.32 Å². The number of aromatic nitrogens is 4. The van der Waals surface area contributed by atoms with Gasteiger partial charge in [-0.05, 0) is 67.4 Å². The van der Waals surface area contributed by atoms with Gasteiger partial charge in [0, 0.05) is 23.5 Å². The average molecular weight is 431 g/mol. The van der Waals surface area contributed by atoms with E-state index in [2.05, 4.69) is 14.9 Å². The fourth-order valence-corrected chi connectivity index (χ4v) is 4.28. The molecular formula is C25H23F2N5. The van der Waals surface area contributed by atoms with Crippen molar-refractivity contribution in [1.82, 2.24) is 19.5 Å². The second kappa shape index (κ2) is 8.86. The second-order valence-electron chi connectivity index (χ2n) is 8.05. The van der Waals surface area contributed by atoms with E-state index in [0.717, 1.165) is 35.5 Å². The van der Waals surface area contributed by atoms with Crippen molar-refractivity contribution in [2.45, 2.75) is 38.1 Å². The number of hydrogen-bond acceptors (Lipinski definition) is 4. The average Bonchev–Trinajstić information content (AvgIpc) is 3.27. The number of halogens is 2. The Balaban J connectivity index is 1.57. The quantitative estimate of drug-likeness (QED) is 0.390. The fraction of sp³-hybridized carbons (Fsp3) is 0.240. The van der Waals surface area contributed by atoms with Crippen LogP contribution in [0.15, 0.2) is 67.1 Å². The molecule has 0 radical (unpaired) electrons. The van der Waals surface area contributed by atoms with Crippen molar-refractivity contribution in [2.75, 3.05) is 5.32 Å². The zero-order valence-corrected chi connectivity index (χ0v) is 17.5. The maximum atomic E-state index is 13.5. The molecule has 0 bridgehead atoms. The van der Waals surface area contributed by atoms with Crippen LogP contribution in [0.3, 0.4) is 0 Å². The summed E-state index contributed by atoms with van der Waals surface area (Å²) in [6.45, 7) is 0. The predicted molar refractivity (Wildman–Crippen MR) is 120 cm³/mol. The number of nitrogens with one attached hydrogen (secondary N) is 1. The van der Waals surface area contributed by atoms with Gasteiger partial charge in [0.25, 0.3) is 0 Å². The van der Waals surface area contributed by atoms with Crippen LogP contribution in [-0.4, -0.2) is 19.5 Å². The summed E-state index contributed by atoms with van der Waals surface area (Å²) in [6, 6.07) is 14.6. The molecule has 1 saturated carbocycles. The first-order chi connectivity index (χ1) is 15.7. The Hall–Kier alpha value is -3.61. The van der Waals surface area contributed by atoms with E-state index in [4.69, 9.17) is 9.97 Å². The van der Waals surface area contributed by atoms with Gasteiger partial charge >= 0.3 is 0 Å². The van der Waals surface area contributed by atoms with Crippen LogP contribution >= 0.6 is 0 Å². The summed E-state index contributed by atoms with van der Waals surface area (Å²) >= 11 is 0. The molecule has 5 rings (SSSR count). The van der Waals surface area contributed by atoms with Crippen molar-refractivity contribution in [1.29, 1.82) is 0 Å². The fourth-order valence-electron chi connectivity index (χ4n) is 4.28. The van der Waals surface area contributed by atoms with E-state index in [1.165, 1.54) is 43.5 Å². The summed E-state index contributed by atoms with van der Waals surface area (Å²) in [5.74, 6) is -0.170. The maximum absolute atomic E-state index is 13.5. The van der Waals surface area contributed by atoms with Gasteiger partial charge in [0.15, 0.2) is 0 Å². The Morgan fingerprint density at radius 2 is 1.50 bits per heavy atom. The summed E-state index contributed by atoms with van der Waals surface area (Å²) in [4.78, 5) is 13.8. The molecule has 7 heteroatoms. The molecule has 0 saturated heterocycles. The molecule has 0 amide bonds. The second-order valence-corrected chi connectivity index (χ2v) is 8.05. The third-order valence-electron chi connectivity index (χ3n) is 5.88. The van der Waals surface area contributed by atoms with Crippen molar-refractivity contribution in [3.05, 3.63) is 78.8 Å². The third-order valence-corrected chi connectivity index (χ3v) is 5.88. The van der Waals surface area contributed by atoms with Crippen LogP contribution in [0.1, 0.15) is 38.1 Å². The first-order valence-corrected chi connectivity index (χ1v) is 10.9. The lowest BCUT2D eigenvalue weighted by atomic mass is 9.95. The van der Waals surface area contributed by atoms with Gasteiger partial charge < -0.3 is 9.88 Å². The van der Waals surface area contributed by atoms with Gasteiger partial charge in [-0.1, -0.05) is 19.3 Å². The standard InChI is InChI=1S/C25H23F2N5/c26-18-8-6-17(7-9-18)23-24(32(16-29-23)21-4-2-1-3-5-21)22-14-15-28-25(31-22)30-20-12-10-19(27)11-13-20/h6-16,21H,1-5H2,(H,28,30,31). The first kappa shape index (κ1) is 20.3. The van der Waals surface area contributed by atoms with Crippen LogP contribution in [0.2, 0.25) is 0 Å². The topological polar surface area (TPSA) is 55.6 Å². The van der Waals surface area contributed by atoms with Crippen molar-refractivity contribution >= 4 is 11.6 Å². The number of imidazole rings is 1. The van der Waals surface area contributed by atoms with E-state index in [0.29, 0.717) is 17.7 Å². The minimum absolute atomic E-state index is 0.283. The van der Waals surface area contributed by atoms with Crippen LogP contribution in [-0.2, 0) is 0 Å². The zero-order valence-electron chi connectivity index (χ0n) is 17.5. The molecule has 0 unspecified atom stereocenters. The van der Waals surface area contributed by atoms with E-state index < -0.39 is 0 Å². The molecule has 5 nitrogen and oxygen atoms in total. The van der Waals surface area contributed by atoms with E-state index in [-0.39, 0.29) is 11.6 Å². The van der Waals surface area contributed by atoms with Gasteiger partial charge in [-0.2, -0.15) is 0 Å². The zero-order chi connectivity index (χ0) is 21.9. The molecule has 2 aromatic carbocycles. The molecule has 0 spiro atoms. The molecule has 1 N–H and O–H groups in total. The molecule has 32 heavy (non-hydrogen) atoms. The lowest BCUT2D eigenvalue weighted by Crippen LogP contribution is -2.13. The van der Waals surface area contributed by atoms with Gasteiger partial charge in [0.05, 0.1) is 23.4 Å². The molecule has 162 valence electrons. The minimum Gasteiger partial charge on any atom is -0.326 e. The Morgan fingerprint density at radius 3 is 2.22 bits per heavy atom. The minimum atomic E-state index is -0.300. The molecule has 0 atom stereocenters. The first-order valence-electron chi connectivity index (χ1n) is 10.9. The molecule has 1 aliphatic rings. The van der Waals surface area contributed by atoms with E-state index in [1.807, 2.05) is 12.4 Å². The molecule has 4 aromatic rings.